The average Bonchev–Trinajstić information content (AvgIpc) is 3.23. The van der Waals surface area contributed by atoms with Crippen molar-refractivity contribution in [2.24, 2.45) is 11.8 Å². The summed E-state index contributed by atoms with van der Waals surface area (Å²) in [4.78, 5) is 28.6. The lowest BCUT2D eigenvalue weighted by molar-refractivity contribution is -0.121. The minimum Gasteiger partial charge on any atom is -0.379 e. The van der Waals surface area contributed by atoms with E-state index >= 15 is 0 Å². The third-order valence-corrected chi connectivity index (χ3v) is 6.43. The number of rotatable bonds is 4. The Bertz CT molecular complexity index is 722. The zero-order valence-electron chi connectivity index (χ0n) is 16.2. The van der Waals surface area contributed by atoms with Crippen LogP contribution < -0.4 is 10.2 Å². The fraction of sp³-hybridized carbons (Fsp3) is 0.619. The number of hydrogen-bond donors (Lipinski definition) is 1. The van der Waals surface area contributed by atoms with Gasteiger partial charge in [-0.3, -0.25) is 14.5 Å². The predicted octanol–water partition coefficient (Wildman–Crippen LogP) is 1.44. The molecule has 0 unspecified atom stereocenters. The summed E-state index contributed by atoms with van der Waals surface area (Å²) in [6.45, 7) is 4.70. The second kappa shape index (κ2) is 7.60. The number of para-hydroxylation sites is 1. The van der Waals surface area contributed by atoms with Gasteiger partial charge >= 0.3 is 0 Å². The van der Waals surface area contributed by atoms with Gasteiger partial charge in [0.05, 0.1) is 18.7 Å². The van der Waals surface area contributed by atoms with Gasteiger partial charge in [-0.05, 0) is 42.7 Å². The molecule has 4 atom stereocenters. The van der Waals surface area contributed by atoms with Gasteiger partial charge in [-0.1, -0.05) is 18.2 Å². The summed E-state index contributed by atoms with van der Waals surface area (Å²) in [5.74, 6) is 1.25. The standard InChI is InChI=1S/C21H29N3O3/c1-14(25)22-18-9-16-11-23(12-17(16)10-20(18)27-2)13-21(26)24-8-7-15-5-3-4-6-19(15)24/h3-6,16-18,20H,7-13H2,1-2H3,(H,22,25)/t16-,17+,18-,20-/m1/s1. The van der Waals surface area contributed by atoms with E-state index in [9.17, 15) is 9.59 Å². The van der Waals surface area contributed by atoms with E-state index in [0.29, 0.717) is 18.4 Å². The first-order chi connectivity index (χ1) is 13.0. The third-order valence-electron chi connectivity index (χ3n) is 6.43. The largest absolute Gasteiger partial charge is 0.379 e. The number of nitrogens with one attached hydrogen (secondary N) is 1. The molecule has 0 bridgehead atoms. The number of likely N-dealkylation sites (tertiary alicyclic amines) is 1. The number of ether oxygens (including phenoxy) is 1. The Balaban J connectivity index is 1.37. The van der Waals surface area contributed by atoms with E-state index in [-0.39, 0.29) is 24.0 Å². The summed E-state index contributed by atoms with van der Waals surface area (Å²) in [5.41, 5.74) is 2.34. The first-order valence-corrected chi connectivity index (χ1v) is 9.95. The van der Waals surface area contributed by atoms with Gasteiger partial charge in [0.1, 0.15) is 0 Å². The lowest BCUT2D eigenvalue weighted by Gasteiger charge is -2.37. The van der Waals surface area contributed by atoms with E-state index in [0.717, 1.165) is 44.6 Å². The quantitative estimate of drug-likeness (QED) is 0.870. The van der Waals surface area contributed by atoms with E-state index in [1.54, 1.807) is 14.0 Å². The molecule has 1 saturated carbocycles. The molecule has 2 heterocycles. The van der Waals surface area contributed by atoms with Crippen molar-refractivity contribution in [3.8, 4) is 0 Å². The Hall–Kier alpha value is -1.92. The highest BCUT2D eigenvalue weighted by molar-refractivity contribution is 5.96. The summed E-state index contributed by atoms with van der Waals surface area (Å²) >= 11 is 0. The molecule has 2 fully saturated rings. The number of methoxy groups -OCH3 is 1. The van der Waals surface area contributed by atoms with Gasteiger partial charge in [0.25, 0.3) is 0 Å². The molecule has 27 heavy (non-hydrogen) atoms. The number of benzene rings is 1. The van der Waals surface area contributed by atoms with Crippen LogP contribution in [0, 0.1) is 11.8 Å². The van der Waals surface area contributed by atoms with Gasteiger partial charge in [0.15, 0.2) is 0 Å². The molecule has 0 aromatic heterocycles. The predicted molar refractivity (Wildman–Crippen MR) is 104 cm³/mol. The van der Waals surface area contributed by atoms with Crippen LogP contribution in [-0.2, 0) is 20.7 Å². The molecule has 2 amide bonds. The van der Waals surface area contributed by atoms with Crippen LogP contribution >= 0.6 is 0 Å². The van der Waals surface area contributed by atoms with Crippen LogP contribution in [0.4, 0.5) is 5.69 Å². The summed E-state index contributed by atoms with van der Waals surface area (Å²) in [6, 6.07) is 8.28. The smallest absolute Gasteiger partial charge is 0.241 e. The molecule has 146 valence electrons. The molecule has 1 saturated heterocycles. The van der Waals surface area contributed by atoms with Gasteiger partial charge in [0, 0.05) is 39.4 Å². The molecule has 6 heteroatoms. The normalized spacial score (nSPS) is 30.1. The number of nitrogens with zero attached hydrogens (tertiary/aromatic N) is 2. The first kappa shape index (κ1) is 18.4. The molecule has 1 aromatic rings. The molecule has 6 nitrogen and oxygen atoms in total. The van der Waals surface area contributed by atoms with Crippen molar-refractivity contribution in [1.29, 1.82) is 0 Å². The molecule has 2 aliphatic heterocycles. The van der Waals surface area contributed by atoms with Crippen LogP contribution in [0.25, 0.3) is 0 Å². The summed E-state index contributed by atoms with van der Waals surface area (Å²) in [7, 11) is 1.72. The highest BCUT2D eigenvalue weighted by Crippen LogP contribution is 2.37. The van der Waals surface area contributed by atoms with Crippen molar-refractivity contribution in [3.63, 3.8) is 0 Å². The number of amides is 2. The van der Waals surface area contributed by atoms with Gasteiger partial charge < -0.3 is 15.0 Å². The van der Waals surface area contributed by atoms with Crippen LogP contribution in [0.3, 0.4) is 0 Å². The lowest BCUT2D eigenvalue weighted by Crippen LogP contribution is -2.49. The van der Waals surface area contributed by atoms with E-state index in [4.69, 9.17) is 4.74 Å². The summed E-state index contributed by atoms with van der Waals surface area (Å²) in [6.07, 6.45) is 2.89. The maximum Gasteiger partial charge on any atom is 0.241 e. The number of carbonyl (C=O) groups excluding carboxylic acids is 2. The number of fused-ring (bicyclic) bond motifs is 2. The van der Waals surface area contributed by atoms with E-state index in [1.807, 2.05) is 23.1 Å². The third kappa shape index (κ3) is 3.73. The molecular formula is C21H29N3O3. The minimum absolute atomic E-state index is 0.00164. The number of anilines is 1. The Kier molecular flexibility index (Phi) is 5.19. The van der Waals surface area contributed by atoms with Crippen molar-refractivity contribution in [2.45, 2.75) is 38.3 Å². The summed E-state index contributed by atoms with van der Waals surface area (Å²) in [5, 5.41) is 3.05. The molecule has 1 aliphatic carbocycles. The van der Waals surface area contributed by atoms with Gasteiger partial charge in [-0.2, -0.15) is 0 Å². The molecule has 3 aliphatic rings. The van der Waals surface area contributed by atoms with Crippen molar-refractivity contribution in [2.75, 3.05) is 38.2 Å². The zero-order chi connectivity index (χ0) is 19.0. The van der Waals surface area contributed by atoms with Crippen molar-refractivity contribution in [3.05, 3.63) is 29.8 Å². The topological polar surface area (TPSA) is 61.9 Å². The Labute approximate surface area is 160 Å². The lowest BCUT2D eigenvalue weighted by atomic mass is 9.77. The highest BCUT2D eigenvalue weighted by atomic mass is 16.5. The maximum absolute atomic E-state index is 12.9. The zero-order valence-corrected chi connectivity index (χ0v) is 16.2. The number of carbonyl (C=O) groups is 2. The van der Waals surface area contributed by atoms with Gasteiger partial charge in [-0.15, -0.1) is 0 Å². The molecule has 0 radical (unpaired) electrons. The summed E-state index contributed by atoms with van der Waals surface area (Å²) < 4.78 is 5.64. The first-order valence-electron chi connectivity index (χ1n) is 9.95. The average molecular weight is 371 g/mol. The molecular weight excluding hydrogens is 342 g/mol. The van der Waals surface area contributed by atoms with Gasteiger partial charge in [0.2, 0.25) is 11.8 Å². The van der Waals surface area contributed by atoms with Crippen LogP contribution in [0.5, 0.6) is 0 Å². The monoisotopic (exact) mass is 371 g/mol. The van der Waals surface area contributed by atoms with Crippen LogP contribution in [0.15, 0.2) is 24.3 Å². The maximum atomic E-state index is 12.9. The SMILES string of the molecule is CO[C@@H]1C[C@H]2CN(CC(=O)N3CCc4ccccc43)C[C@H]2C[C@H]1NC(C)=O. The fourth-order valence-electron chi connectivity index (χ4n) is 5.19. The van der Waals surface area contributed by atoms with Crippen molar-refractivity contribution < 1.29 is 14.3 Å². The molecule has 1 aromatic carbocycles. The van der Waals surface area contributed by atoms with Crippen LogP contribution in [-0.4, -0.2) is 62.1 Å². The van der Waals surface area contributed by atoms with Gasteiger partial charge in [-0.25, -0.2) is 0 Å². The second-order valence-corrected chi connectivity index (χ2v) is 8.19. The molecule has 0 spiro atoms. The molecule has 4 rings (SSSR count). The van der Waals surface area contributed by atoms with Crippen molar-refractivity contribution in [1.82, 2.24) is 10.2 Å². The van der Waals surface area contributed by atoms with E-state index < -0.39 is 0 Å². The van der Waals surface area contributed by atoms with Crippen LogP contribution in [0.1, 0.15) is 25.3 Å². The highest BCUT2D eigenvalue weighted by Gasteiger charge is 2.43. The van der Waals surface area contributed by atoms with E-state index in [2.05, 4.69) is 16.3 Å². The van der Waals surface area contributed by atoms with Crippen molar-refractivity contribution >= 4 is 17.5 Å². The number of hydrogen-bond acceptors (Lipinski definition) is 4. The minimum atomic E-state index is -0.00164. The van der Waals surface area contributed by atoms with Crippen LogP contribution in [0.2, 0.25) is 0 Å². The Morgan fingerprint density at radius 3 is 2.67 bits per heavy atom. The molecule has 1 N–H and O–H groups in total. The fourth-order valence-corrected chi connectivity index (χ4v) is 5.19. The van der Waals surface area contributed by atoms with E-state index in [1.165, 1.54) is 5.56 Å². The second-order valence-electron chi connectivity index (χ2n) is 8.19. The Morgan fingerprint density at radius 2 is 1.93 bits per heavy atom. The Morgan fingerprint density at radius 1 is 1.19 bits per heavy atom.